The number of alkyl halides is 1. The number of hydrogen-bond donors (Lipinski definition) is 0. The van der Waals surface area contributed by atoms with Gasteiger partial charge in [0.2, 0.25) is 0 Å². The SMILES string of the molecule is ClC(c1cccc(I)c1)c1cccc2ccccc12. The topological polar surface area (TPSA) is 0 Å². The van der Waals surface area contributed by atoms with Gasteiger partial charge in [0.1, 0.15) is 0 Å². The van der Waals surface area contributed by atoms with Gasteiger partial charge in [0.25, 0.3) is 0 Å². The first-order chi connectivity index (χ1) is 9.25. The van der Waals surface area contributed by atoms with Crippen LogP contribution < -0.4 is 0 Å². The van der Waals surface area contributed by atoms with E-state index < -0.39 is 0 Å². The minimum atomic E-state index is -0.110. The summed E-state index contributed by atoms with van der Waals surface area (Å²) in [7, 11) is 0. The van der Waals surface area contributed by atoms with E-state index in [-0.39, 0.29) is 5.38 Å². The molecule has 0 fully saturated rings. The zero-order valence-electron chi connectivity index (χ0n) is 10.2. The maximum Gasteiger partial charge on any atom is 0.0841 e. The van der Waals surface area contributed by atoms with E-state index in [1.165, 1.54) is 19.9 Å². The molecule has 0 nitrogen and oxygen atoms in total. The summed E-state index contributed by atoms with van der Waals surface area (Å²) >= 11 is 9.00. The monoisotopic (exact) mass is 378 g/mol. The van der Waals surface area contributed by atoms with Crippen LogP contribution in [0.15, 0.2) is 66.7 Å². The van der Waals surface area contributed by atoms with Crippen molar-refractivity contribution in [2.24, 2.45) is 0 Å². The normalized spacial score (nSPS) is 12.5. The molecule has 0 saturated carbocycles. The summed E-state index contributed by atoms with van der Waals surface area (Å²) in [5.41, 5.74) is 2.31. The van der Waals surface area contributed by atoms with Gasteiger partial charge < -0.3 is 0 Å². The molecule has 1 unspecified atom stereocenters. The van der Waals surface area contributed by atoms with Crippen molar-refractivity contribution in [1.29, 1.82) is 0 Å². The van der Waals surface area contributed by atoms with E-state index in [2.05, 4.69) is 89.3 Å². The number of benzene rings is 3. The molecule has 0 heterocycles. The van der Waals surface area contributed by atoms with E-state index in [1.54, 1.807) is 0 Å². The number of fused-ring (bicyclic) bond motifs is 1. The second kappa shape index (κ2) is 5.51. The molecular formula is C17H12ClI. The Morgan fingerprint density at radius 2 is 1.58 bits per heavy atom. The van der Waals surface area contributed by atoms with Crippen LogP contribution in [0.3, 0.4) is 0 Å². The molecule has 0 spiro atoms. The molecule has 3 aromatic rings. The van der Waals surface area contributed by atoms with Crippen LogP contribution in [0.2, 0.25) is 0 Å². The maximum atomic E-state index is 6.68. The molecule has 0 aliphatic carbocycles. The lowest BCUT2D eigenvalue weighted by Gasteiger charge is -2.13. The van der Waals surface area contributed by atoms with Crippen molar-refractivity contribution in [3.63, 3.8) is 0 Å². The van der Waals surface area contributed by atoms with Crippen LogP contribution in [-0.4, -0.2) is 0 Å². The number of hydrogen-bond acceptors (Lipinski definition) is 0. The van der Waals surface area contributed by atoms with Crippen LogP contribution in [0.1, 0.15) is 16.5 Å². The highest BCUT2D eigenvalue weighted by Gasteiger charge is 2.13. The second-order valence-electron chi connectivity index (χ2n) is 4.49. The minimum absolute atomic E-state index is 0.110. The molecule has 1 atom stereocenters. The Kier molecular flexibility index (Phi) is 3.76. The standard InChI is InChI=1S/C17H12ClI/c18-17(13-7-3-8-14(19)11-13)16-10-4-6-12-5-1-2-9-15(12)16/h1-11,17H. The largest absolute Gasteiger partial charge is 0.113 e. The summed E-state index contributed by atoms with van der Waals surface area (Å²) in [6.07, 6.45) is 0. The molecule has 0 bridgehead atoms. The van der Waals surface area contributed by atoms with Gasteiger partial charge in [-0.2, -0.15) is 0 Å². The van der Waals surface area contributed by atoms with Gasteiger partial charge in [0.05, 0.1) is 5.38 Å². The molecule has 0 aliphatic rings. The van der Waals surface area contributed by atoms with Gasteiger partial charge in [-0.1, -0.05) is 54.6 Å². The summed E-state index contributed by atoms with van der Waals surface area (Å²) < 4.78 is 1.21. The Morgan fingerprint density at radius 1 is 0.842 bits per heavy atom. The molecule has 0 radical (unpaired) electrons. The van der Waals surface area contributed by atoms with Gasteiger partial charge in [0.15, 0.2) is 0 Å². The van der Waals surface area contributed by atoms with Crippen LogP contribution in [0.5, 0.6) is 0 Å². The average Bonchev–Trinajstić information content (AvgIpc) is 2.46. The number of halogens is 2. The molecule has 0 saturated heterocycles. The predicted octanol–water partition coefficient (Wildman–Crippen LogP) is 5.77. The van der Waals surface area contributed by atoms with Crippen LogP contribution >= 0.6 is 34.2 Å². The lowest BCUT2D eigenvalue weighted by molar-refractivity contribution is 1.16. The summed E-state index contributed by atoms with van der Waals surface area (Å²) in [5, 5.41) is 2.35. The smallest absolute Gasteiger partial charge is 0.0841 e. The van der Waals surface area contributed by atoms with E-state index in [9.17, 15) is 0 Å². The fraction of sp³-hybridized carbons (Fsp3) is 0.0588. The first-order valence-electron chi connectivity index (χ1n) is 6.13. The predicted molar refractivity (Wildman–Crippen MR) is 90.8 cm³/mol. The summed E-state index contributed by atoms with van der Waals surface area (Å²) in [5.74, 6) is 0. The van der Waals surface area contributed by atoms with Crippen molar-refractivity contribution < 1.29 is 0 Å². The van der Waals surface area contributed by atoms with Crippen molar-refractivity contribution in [3.05, 3.63) is 81.4 Å². The Labute approximate surface area is 131 Å². The molecule has 2 heteroatoms. The van der Waals surface area contributed by atoms with Crippen LogP contribution in [0, 0.1) is 3.57 Å². The quantitative estimate of drug-likeness (QED) is 0.392. The van der Waals surface area contributed by atoms with Crippen LogP contribution in [-0.2, 0) is 0 Å². The molecule has 0 N–H and O–H groups in total. The molecular weight excluding hydrogens is 367 g/mol. The highest BCUT2D eigenvalue weighted by molar-refractivity contribution is 14.1. The van der Waals surface area contributed by atoms with E-state index in [4.69, 9.17) is 11.6 Å². The molecule has 3 aromatic carbocycles. The first-order valence-corrected chi connectivity index (χ1v) is 7.64. The van der Waals surface area contributed by atoms with E-state index in [0.717, 1.165) is 5.56 Å². The van der Waals surface area contributed by atoms with Crippen molar-refractivity contribution >= 4 is 45.0 Å². The van der Waals surface area contributed by atoms with E-state index in [0.29, 0.717) is 0 Å². The summed E-state index contributed by atoms with van der Waals surface area (Å²) in [4.78, 5) is 0. The van der Waals surface area contributed by atoms with E-state index in [1.807, 2.05) is 0 Å². The third kappa shape index (κ3) is 2.63. The zero-order chi connectivity index (χ0) is 13.2. The van der Waals surface area contributed by atoms with Crippen LogP contribution in [0.4, 0.5) is 0 Å². The second-order valence-corrected chi connectivity index (χ2v) is 6.17. The van der Waals surface area contributed by atoms with Gasteiger partial charge >= 0.3 is 0 Å². The molecule has 3 rings (SSSR count). The van der Waals surface area contributed by atoms with Gasteiger partial charge in [-0.3, -0.25) is 0 Å². The Hall–Kier alpha value is -1.06. The summed E-state index contributed by atoms with van der Waals surface area (Å²) in [6, 6.07) is 23.0. The Bertz CT molecular complexity index is 716. The van der Waals surface area contributed by atoms with Crippen LogP contribution in [0.25, 0.3) is 10.8 Å². The van der Waals surface area contributed by atoms with Crippen molar-refractivity contribution in [1.82, 2.24) is 0 Å². The highest BCUT2D eigenvalue weighted by Crippen LogP contribution is 2.34. The Morgan fingerprint density at radius 3 is 2.42 bits per heavy atom. The molecule has 19 heavy (non-hydrogen) atoms. The maximum absolute atomic E-state index is 6.68. The van der Waals surface area contributed by atoms with E-state index >= 15 is 0 Å². The lowest BCUT2D eigenvalue weighted by Crippen LogP contribution is -1.95. The minimum Gasteiger partial charge on any atom is -0.113 e. The van der Waals surface area contributed by atoms with Gasteiger partial charge in [-0.25, -0.2) is 0 Å². The summed E-state index contributed by atoms with van der Waals surface area (Å²) in [6.45, 7) is 0. The van der Waals surface area contributed by atoms with Crippen molar-refractivity contribution in [3.8, 4) is 0 Å². The molecule has 0 aromatic heterocycles. The Balaban J connectivity index is 2.14. The first kappa shape index (κ1) is 12.9. The van der Waals surface area contributed by atoms with Crippen molar-refractivity contribution in [2.75, 3.05) is 0 Å². The fourth-order valence-electron chi connectivity index (χ4n) is 2.32. The third-order valence-electron chi connectivity index (χ3n) is 3.24. The molecule has 0 aliphatic heterocycles. The van der Waals surface area contributed by atoms with Crippen molar-refractivity contribution in [2.45, 2.75) is 5.38 Å². The van der Waals surface area contributed by atoms with Gasteiger partial charge in [0, 0.05) is 3.57 Å². The highest BCUT2D eigenvalue weighted by atomic mass is 127. The number of rotatable bonds is 2. The molecule has 94 valence electrons. The van der Waals surface area contributed by atoms with Gasteiger partial charge in [-0.15, -0.1) is 11.6 Å². The fourth-order valence-corrected chi connectivity index (χ4v) is 3.21. The third-order valence-corrected chi connectivity index (χ3v) is 4.40. The van der Waals surface area contributed by atoms with Gasteiger partial charge in [-0.05, 0) is 56.6 Å². The average molecular weight is 379 g/mol. The zero-order valence-corrected chi connectivity index (χ0v) is 13.1. The lowest BCUT2D eigenvalue weighted by atomic mass is 9.98. The molecule has 0 amide bonds.